The van der Waals surface area contributed by atoms with E-state index in [0.29, 0.717) is 0 Å². The van der Waals surface area contributed by atoms with Gasteiger partial charge in [0, 0.05) is 28.2 Å². The fourth-order valence-corrected chi connectivity index (χ4v) is 3.33. The third-order valence-electron chi connectivity index (χ3n) is 2.83. The van der Waals surface area contributed by atoms with Crippen LogP contribution in [0, 0.1) is 6.92 Å². The Labute approximate surface area is 108 Å². The monoisotopic (exact) mass is 299 g/mol. The van der Waals surface area contributed by atoms with Crippen molar-refractivity contribution in [3.63, 3.8) is 0 Å². The minimum atomic E-state index is 0.203. The Morgan fingerprint density at radius 2 is 2.19 bits per heavy atom. The zero-order valence-electron chi connectivity index (χ0n) is 9.49. The Hall–Kier alpha value is -0.650. The van der Waals surface area contributed by atoms with Crippen molar-refractivity contribution in [3.05, 3.63) is 38.3 Å². The van der Waals surface area contributed by atoms with Crippen molar-refractivity contribution in [2.45, 2.75) is 13.0 Å². The van der Waals surface area contributed by atoms with E-state index in [9.17, 15) is 0 Å². The van der Waals surface area contributed by atoms with Gasteiger partial charge in [0.05, 0.1) is 12.2 Å². The van der Waals surface area contributed by atoms with Crippen LogP contribution in [0.3, 0.4) is 0 Å². The summed E-state index contributed by atoms with van der Waals surface area (Å²) in [4.78, 5) is 0. The van der Waals surface area contributed by atoms with Crippen LogP contribution in [0.5, 0.6) is 0 Å². The van der Waals surface area contributed by atoms with Gasteiger partial charge in [0.1, 0.15) is 0 Å². The van der Waals surface area contributed by atoms with Crippen LogP contribution in [0.15, 0.2) is 21.4 Å². The molecule has 0 aliphatic heterocycles. The number of hydrogen-bond donors (Lipinski definition) is 1. The van der Waals surface area contributed by atoms with Gasteiger partial charge in [-0.15, -0.1) is 0 Å². The number of rotatable bonds is 3. The standard InChI is InChI=1S/C11H14BrN3S/c1-7-8(4-14-15(7)3)11(13-2)9-5-16-6-10(9)12/h4-6,11,13H,1-3H3. The number of thiophene rings is 1. The molecule has 0 saturated carbocycles. The fraction of sp³-hybridized carbons (Fsp3) is 0.364. The van der Waals surface area contributed by atoms with Gasteiger partial charge >= 0.3 is 0 Å². The minimum Gasteiger partial charge on any atom is -0.309 e. The lowest BCUT2D eigenvalue weighted by Crippen LogP contribution is -2.18. The van der Waals surface area contributed by atoms with E-state index in [-0.39, 0.29) is 6.04 Å². The van der Waals surface area contributed by atoms with E-state index >= 15 is 0 Å². The van der Waals surface area contributed by atoms with Crippen LogP contribution in [0.4, 0.5) is 0 Å². The van der Waals surface area contributed by atoms with Gasteiger partial charge in [0.25, 0.3) is 0 Å². The molecule has 0 aliphatic rings. The van der Waals surface area contributed by atoms with E-state index < -0.39 is 0 Å². The molecule has 3 nitrogen and oxygen atoms in total. The first-order chi connectivity index (χ1) is 7.65. The van der Waals surface area contributed by atoms with E-state index in [1.807, 2.05) is 25.0 Å². The highest BCUT2D eigenvalue weighted by molar-refractivity contribution is 9.10. The molecule has 2 aromatic rings. The molecule has 0 fully saturated rings. The maximum Gasteiger partial charge on any atom is 0.0627 e. The number of aromatic nitrogens is 2. The molecule has 0 radical (unpaired) electrons. The van der Waals surface area contributed by atoms with Gasteiger partial charge in [-0.2, -0.15) is 16.4 Å². The molecule has 2 aromatic heterocycles. The Bertz CT molecular complexity index is 489. The Balaban J connectivity index is 2.45. The summed E-state index contributed by atoms with van der Waals surface area (Å²) in [5, 5.41) is 11.9. The fourth-order valence-electron chi connectivity index (χ4n) is 1.77. The zero-order chi connectivity index (χ0) is 11.7. The van der Waals surface area contributed by atoms with Crippen molar-refractivity contribution in [2.24, 2.45) is 7.05 Å². The summed E-state index contributed by atoms with van der Waals surface area (Å²) >= 11 is 5.28. The third-order valence-corrected chi connectivity index (χ3v) is 4.58. The second kappa shape index (κ2) is 4.69. The van der Waals surface area contributed by atoms with Crippen LogP contribution in [-0.2, 0) is 7.05 Å². The molecule has 2 rings (SSSR count). The third kappa shape index (κ3) is 1.95. The van der Waals surface area contributed by atoms with E-state index in [1.54, 1.807) is 11.3 Å². The molecule has 1 unspecified atom stereocenters. The van der Waals surface area contributed by atoms with Gasteiger partial charge < -0.3 is 5.32 Å². The lowest BCUT2D eigenvalue weighted by atomic mass is 10.0. The normalized spacial score (nSPS) is 13.0. The van der Waals surface area contributed by atoms with Crippen LogP contribution in [0.25, 0.3) is 0 Å². The molecule has 16 heavy (non-hydrogen) atoms. The number of aryl methyl sites for hydroxylation is 1. The predicted octanol–water partition coefficient (Wildman–Crippen LogP) is 2.86. The Kier molecular flexibility index (Phi) is 3.47. The van der Waals surface area contributed by atoms with Crippen LogP contribution in [0.1, 0.15) is 22.9 Å². The maximum absolute atomic E-state index is 4.29. The Morgan fingerprint density at radius 1 is 1.44 bits per heavy atom. The van der Waals surface area contributed by atoms with Crippen molar-refractivity contribution in [1.82, 2.24) is 15.1 Å². The largest absolute Gasteiger partial charge is 0.309 e. The van der Waals surface area contributed by atoms with Gasteiger partial charge in [-0.1, -0.05) is 0 Å². The second-order valence-corrected chi connectivity index (χ2v) is 5.30. The molecular weight excluding hydrogens is 286 g/mol. The highest BCUT2D eigenvalue weighted by Gasteiger charge is 2.19. The number of nitrogens with one attached hydrogen (secondary N) is 1. The predicted molar refractivity (Wildman–Crippen MR) is 70.9 cm³/mol. The number of halogens is 1. The summed E-state index contributed by atoms with van der Waals surface area (Å²) in [5.74, 6) is 0. The van der Waals surface area contributed by atoms with Gasteiger partial charge in [-0.25, -0.2) is 0 Å². The van der Waals surface area contributed by atoms with E-state index in [4.69, 9.17) is 0 Å². The highest BCUT2D eigenvalue weighted by atomic mass is 79.9. The lowest BCUT2D eigenvalue weighted by Gasteiger charge is -2.15. The average molecular weight is 300 g/mol. The van der Waals surface area contributed by atoms with Crippen molar-refractivity contribution in [1.29, 1.82) is 0 Å². The van der Waals surface area contributed by atoms with E-state index in [2.05, 4.69) is 44.0 Å². The first kappa shape index (κ1) is 11.8. The molecule has 1 atom stereocenters. The lowest BCUT2D eigenvalue weighted by molar-refractivity contribution is 0.679. The molecular formula is C11H14BrN3S. The van der Waals surface area contributed by atoms with Crippen LogP contribution < -0.4 is 5.32 Å². The van der Waals surface area contributed by atoms with Crippen molar-refractivity contribution in [2.75, 3.05) is 7.05 Å². The molecule has 0 spiro atoms. The van der Waals surface area contributed by atoms with Crippen molar-refractivity contribution < 1.29 is 0 Å². The average Bonchev–Trinajstić information content (AvgIpc) is 2.81. The van der Waals surface area contributed by atoms with Gasteiger partial charge in [0.2, 0.25) is 0 Å². The summed E-state index contributed by atoms with van der Waals surface area (Å²) in [7, 11) is 3.94. The first-order valence-corrected chi connectivity index (χ1v) is 6.76. The molecule has 86 valence electrons. The second-order valence-electron chi connectivity index (χ2n) is 3.71. The summed E-state index contributed by atoms with van der Waals surface area (Å²) in [6.45, 7) is 2.09. The maximum atomic E-state index is 4.29. The summed E-state index contributed by atoms with van der Waals surface area (Å²) < 4.78 is 3.06. The van der Waals surface area contributed by atoms with Gasteiger partial charge in [-0.05, 0) is 40.8 Å². The molecule has 1 N–H and O–H groups in total. The number of hydrogen-bond acceptors (Lipinski definition) is 3. The van der Waals surface area contributed by atoms with Gasteiger partial charge in [0.15, 0.2) is 0 Å². The molecule has 0 amide bonds. The van der Waals surface area contributed by atoms with E-state index in [1.165, 1.54) is 16.8 Å². The van der Waals surface area contributed by atoms with Crippen LogP contribution in [-0.4, -0.2) is 16.8 Å². The van der Waals surface area contributed by atoms with Crippen LogP contribution in [0.2, 0.25) is 0 Å². The van der Waals surface area contributed by atoms with Gasteiger partial charge in [-0.3, -0.25) is 4.68 Å². The molecule has 0 bridgehead atoms. The molecule has 0 aromatic carbocycles. The molecule has 0 aliphatic carbocycles. The minimum absolute atomic E-state index is 0.203. The summed E-state index contributed by atoms with van der Waals surface area (Å²) in [6.07, 6.45) is 1.93. The number of nitrogens with zero attached hydrogens (tertiary/aromatic N) is 2. The first-order valence-electron chi connectivity index (χ1n) is 5.02. The SMILES string of the molecule is CNC(c1cscc1Br)c1cnn(C)c1C. The quantitative estimate of drug-likeness (QED) is 0.944. The zero-order valence-corrected chi connectivity index (χ0v) is 11.9. The molecule has 0 saturated heterocycles. The smallest absolute Gasteiger partial charge is 0.0627 e. The summed E-state index contributed by atoms with van der Waals surface area (Å²) in [5.41, 5.74) is 3.69. The summed E-state index contributed by atoms with van der Waals surface area (Å²) in [6, 6.07) is 0.203. The van der Waals surface area contributed by atoms with Crippen LogP contribution >= 0.6 is 27.3 Å². The van der Waals surface area contributed by atoms with Crippen molar-refractivity contribution >= 4 is 27.3 Å². The Morgan fingerprint density at radius 3 is 2.62 bits per heavy atom. The highest BCUT2D eigenvalue weighted by Crippen LogP contribution is 2.32. The molecule has 5 heteroatoms. The molecule has 2 heterocycles. The van der Waals surface area contributed by atoms with Crippen molar-refractivity contribution in [3.8, 4) is 0 Å². The topological polar surface area (TPSA) is 29.9 Å². The van der Waals surface area contributed by atoms with E-state index in [0.717, 1.165) is 4.47 Å².